The molecule has 0 amide bonds. The minimum Gasteiger partial charge on any atom is -0.460 e. The van der Waals surface area contributed by atoms with Crippen LogP contribution in [0.25, 0.3) is 0 Å². The highest BCUT2D eigenvalue weighted by Gasteiger charge is 2.44. The molecule has 0 aliphatic heterocycles. The fourth-order valence-electron chi connectivity index (χ4n) is 5.07. The first-order valence-electron chi connectivity index (χ1n) is 10.9. The fourth-order valence-corrected chi connectivity index (χ4v) is 5.07. The molecule has 1 aromatic carbocycles. The highest BCUT2D eigenvalue weighted by molar-refractivity contribution is 5.85. The number of ether oxygens (including phenoxy) is 2. The number of rotatable bonds is 6. The number of benzene rings is 1. The molecule has 0 aromatic heterocycles. The predicted molar refractivity (Wildman–Crippen MR) is 109 cm³/mol. The summed E-state index contributed by atoms with van der Waals surface area (Å²) in [6.45, 7) is 6.14. The molecule has 2 fully saturated rings. The summed E-state index contributed by atoms with van der Waals surface area (Å²) in [6, 6.07) is 6.04. The van der Waals surface area contributed by atoms with Gasteiger partial charge >= 0.3 is 11.9 Å². The molecule has 4 nitrogen and oxygen atoms in total. The van der Waals surface area contributed by atoms with Gasteiger partial charge in [-0.3, -0.25) is 4.79 Å². The standard InChI is InChI=1S/C24H33FO4/c1-16(2)20-11-6-17(3)14-21(20)29-22(26)15-28-23(27)24(12-4-5-13-24)18-7-9-19(25)10-8-18/h7-10,16-17,20-21H,4-6,11-15H2,1-3H3/t17-,20-,21+/m0/s1. The van der Waals surface area contributed by atoms with Crippen molar-refractivity contribution in [3.05, 3.63) is 35.6 Å². The van der Waals surface area contributed by atoms with Crippen LogP contribution in [-0.2, 0) is 24.5 Å². The first-order valence-corrected chi connectivity index (χ1v) is 10.9. The Bertz CT molecular complexity index is 706. The van der Waals surface area contributed by atoms with E-state index in [0.29, 0.717) is 30.6 Å². The van der Waals surface area contributed by atoms with E-state index in [1.165, 1.54) is 12.1 Å². The second-order valence-electron chi connectivity index (χ2n) is 9.23. The highest BCUT2D eigenvalue weighted by atomic mass is 19.1. The predicted octanol–water partition coefficient (Wildman–Crippen LogP) is 5.18. The number of hydrogen-bond acceptors (Lipinski definition) is 4. The van der Waals surface area contributed by atoms with Crippen LogP contribution in [0, 0.1) is 23.6 Å². The van der Waals surface area contributed by atoms with E-state index in [1.807, 2.05) is 0 Å². The monoisotopic (exact) mass is 404 g/mol. The summed E-state index contributed by atoms with van der Waals surface area (Å²) < 4.78 is 24.5. The third kappa shape index (κ3) is 4.99. The second-order valence-corrected chi connectivity index (χ2v) is 9.23. The molecule has 0 bridgehead atoms. The molecule has 2 aliphatic carbocycles. The van der Waals surface area contributed by atoms with Gasteiger partial charge in [0.15, 0.2) is 6.61 Å². The average Bonchev–Trinajstić information content (AvgIpc) is 3.17. The van der Waals surface area contributed by atoms with Crippen molar-refractivity contribution in [2.45, 2.75) is 77.2 Å². The summed E-state index contributed by atoms with van der Waals surface area (Å²) in [6.07, 6.45) is 6.10. The van der Waals surface area contributed by atoms with Crippen molar-refractivity contribution in [2.75, 3.05) is 6.61 Å². The van der Waals surface area contributed by atoms with Crippen molar-refractivity contribution < 1.29 is 23.5 Å². The minimum atomic E-state index is -0.784. The van der Waals surface area contributed by atoms with Crippen LogP contribution in [0.2, 0.25) is 0 Å². The Morgan fingerprint density at radius 3 is 2.41 bits per heavy atom. The molecule has 3 atom stereocenters. The summed E-state index contributed by atoms with van der Waals surface area (Å²) in [5.74, 6) is 0.117. The van der Waals surface area contributed by atoms with Gasteiger partial charge in [-0.2, -0.15) is 0 Å². The molecule has 1 aromatic rings. The van der Waals surface area contributed by atoms with Crippen molar-refractivity contribution in [1.82, 2.24) is 0 Å². The fraction of sp³-hybridized carbons (Fsp3) is 0.667. The topological polar surface area (TPSA) is 52.6 Å². The molecule has 0 spiro atoms. The quantitative estimate of drug-likeness (QED) is 0.613. The van der Waals surface area contributed by atoms with E-state index in [4.69, 9.17) is 9.47 Å². The van der Waals surface area contributed by atoms with Gasteiger partial charge in [0.1, 0.15) is 11.9 Å². The van der Waals surface area contributed by atoms with Crippen molar-refractivity contribution in [3.8, 4) is 0 Å². The molecular weight excluding hydrogens is 371 g/mol. The first kappa shape index (κ1) is 21.8. The normalized spacial score (nSPS) is 26.3. The summed E-state index contributed by atoms with van der Waals surface area (Å²) in [7, 11) is 0. The minimum absolute atomic E-state index is 0.109. The second kappa shape index (κ2) is 9.27. The van der Waals surface area contributed by atoms with Gasteiger partial charge < -0.3 is 9.47 Å². The van der Waals surface area contributed by atoms with Crippen LogP contribution in [0.4, 0.5) is 4.39 Å². The zero-order valence-corrected chi connectivity index (χ0v) is 17.8. The molecule has 0 radical (unpaired) electrons. The molecule has 0 N–H and O–H groups in total. The van der Waals surface area contributed by atoms with Gasteiger partial charge in [0.25, 0.3) is 0 Å². The first-order chi connectivity index (χ1) is 13.8. The van der Waals surface area contributed by atoms with Gasteiger partial charge in [0, 0.05) is 0 Å². The van der Waals surface area contributed by atoms with E-state index >= 15 is 0 Å². The lowest BCUT2D eigenvalue weighted by Crippen LogP contribution is -2.38. The van der Waals surface area contributed by atoms with Crippen LogP contribution in [0.1, 0.15) is 71.3 Å². The largest absolute Gasteiger partial charge is 0.460 e. The Morgan fingerprint density at radius 1 is 1.14 bits per heavy atom. The van der Waals surface area contributed by atoms with E-state index in [1.54, 1.807) is 12.1 Å². The van der Waals surface area contributed by atoms with Crippen molar-refractivity contribution >= 4 is 11.9 Å². The molecule has 0 saturated heterocycles. The third-order valence-corrected chi connectivity index (χ3v) is 6.81. The lowest BCUT2D eigenvalue weighted by molar-refractivity contribution is -0.169. The zero-order valence-electron chi connectivity index (χ0n) is 17.8. The Morgan fingerprint density at radius 2 is 1.79 bits per heavy atom. The van der Waals surface area contributed by atoms with E-state index in [0.717, 1.165) is 37.7 Å². The third-order valence-electron chi connectivity index (χ3n) is 6.81. The van der Waals surface area contributed by atoms with Crippen molar-refractivity contribution in [3.63, 3.8) is 0 Å². The van der Waals surface area contributed by atoms with Gasteiger partial charge in [-0.1, -0.05) is 52.2 Å². The van der Waals surface area contributed by atoms with Crippen LogP contribution in [0.5, 0.6) is 0 Å². The zero-order chi connectivity index (χ0) is 21.0. The van der Waals surface area contributed by atoms with E-state index in [9.17, 15) is 14.0 Å². The lowest BCUT2D eigenvalue weighted by atomic mass is 9.75. The molecule has 0 unspecified atom stereocenters. The number of carbonyl (C=O) groups excluding carboxylic acids is 2. The van der Waals surface area contributed by atoms with Crippen LogP contribution in [-0.4, -0.2) is 24.6 Å². The van der Waals surface area contributed by atoms with Gasteiger partial charge in [-0.15, -0.1) is 0 Å². The molecule has 2 aliphatic rings. The highest BCUT2D eigenvalue weighted by Crippen LogP contribution is 2.42. The Kier molecular flexibility index (Phi) is 6.97. The molecule has 0 heterocycles. The van der Waals surface area contributed by atoms with Crippen molar-refractivity contribution in [1.29, 1.82) is 0 Å². The molecular formula is C24H33FO4. The molecule has 160 valence electrons. The van der Waals surface area contributed by atoms with Gasteiger partial charge in [-0.25, -0.2) is 9.18 Å². The Labute approximate surface area is 173 Å². The van der Waals surface area contributed by atoms with Gasteiger partial charge in [0.2, 0.25) is 0 Å². The smallest absolute Gasteiger partial charge is 0.344 e. The Balaban J connectivity index is 1.61. The van der Waals surface area contributed by atoms with Crippen LogP contribution < -0.4 is 0 Å². The van der Waals surface area contributed by atoms with E-state index in [-0.39, 0.29) is 18.5 Å². The SMILES string of the molecule is CC(C)[C@@H]1CC[C@H](C)C[C@H]1OC(=O)COC(=O)C1(c2ccc(F)cc2)CCCC1. The number of hydrogen-bond donors (Lipinski definition) is 0. The number of halogens is 1. The maximum absolute atomic E-state index is 13.3. The molecule has 29 heavy (non-hydrogen) atoms. The van der Waals surface area contributed by atoms with E-state index < -0.39 is 17.4 Å². The molecule has 5 heteroatoms. The summed E-state index contributed by atoms with van der Waals surface area (Å²) in [4.78, 5) is 25.4. The molecule has 2 saturated carbocycles. The van der Waals surface area contributed by atoms with Gasteiger partial charge in [-0.05, 0) is 61.1 Å². The van der Waals surface area contributed by atoms with Crippen molar-refractivity contribution in [2.24, 2.45) is 17.8 Å². The Hall–Kier alpha value is -1.91. The maximum Gasteiger partial charge on any atom is 0.344 e. The van der Waals surface area contributed by atoms with Gasteiger partial charge in [0.05, 0.1) is 5.41 Å². The maximum atomic E-state index is 13.3. The van der Waals surface area contributed by atoms with Crippen LogP contribution >= 0.6 is 0 Å². The van der Waals surface area contributed by atoms with Crippen LogP contribution in [0.15, 0.2) is 24.3 Å². The molecule has 3 rings (SSSR count). The summed E-state index contributed by atoms with van der Waals surface area (Å²) in [5.41, 5.74) is -0.0240. The number of carbonyl (C=O) groups is 2. The van der Waals surface area contributed by atoms with E-state index in [2.05, 4.69) is 20.8 Å². The van der Waals surface area contributed by atoms with Crippen LogP contribution in [0.3, 0.4) is 0 Å². The summed E-state index contributed by atoms with van der Waals surface area (Å²) in [5, 5.41) is 0. The number of esters is 2. The summed E-state index contributed by atoms with van der Waals surface area (Å²) >= 11 is 0. The average molecular weight is 405 g/mol. The lowest BCUT2D eigenvalue weighted by Gasteiger charge is -2.36.